The summed E-state index contributed by atoms with van der Waals surface area (Å²) in [5.41, 5.74) is 0.845. The first-order valence-corrected chi connectivity index (χ1v) is 9.24. The van der Waals surface area contributed by atoms with Crippen LogP contribution in [0.3, 0.4) is 0 Å². The van der Waals surface area contributed by atoms with Gasteiger partial charge in [0.1, 0.15) is 5.75 Å². The molecule has 28 heavy (non-hydrogen) atoms. The number of guanidine groups is 1. The first-order chi connectivity index (χ1) is 13.1. The van der Waals surface area contributed by atoms with E-state index in [9.17, 15) is 14.7 Å². The SMILES string of the molecule is CCNC(=NCCN1C(=O)CNC1=O)N1CCN(c2ccccc2O)CC1.I. The molecule has 3 amide bonds. The number of hydrogen-bond donors (Lipinski definition) is 3. The molecule has 0 spiro atoms. The molecule has 2 aliphatic rings. The lowest BCUT2D eigenvalue weighted by atomic mass is 10.2. The maximum absolute atomic E-state index is 11.6. The minimum atomic E-state index is -0.350. The molecule has 0 unspecified atom stereocenters. The molecule has 1 aromatic carbocycles. The number of carbonyl (C=O) groups is 2. The smallest absolute Gasteiger partial charge is 0.324 e. The summed E-state index contributed by atoms with van der Waals surface area (Å²) in [6.45, 7) is 6.53. The second kappa shape index (κ2) is 10.3. The second-order valence-corrected chi connectivity index (χ2v) is 6.40. The maximum Gasteiger partial charge on any atom is 0.324 e. The minimum Gasteiger partial charge on any atom is -0.506 e. The van der Waals surface area contributed by atoms with Crippen molar-refractivity contribution >= 4 is 47.6 Å². The average Bonchev–Trinajstić information content (AvgIpc) is 3.00. The second-order valence-electron chi connectivity index (χ2n) is 6.40. The molecule has 2 aliphatic heterocycles. The lowest BCUT2D eigenvalue weighted by Gasteiger charge is -2.37. The summed E-state index contributed by atoms with van der Waals surface area (Å²) in [7, 11) is 0. The van der Waals surface area contributed by atoms with Gasteiger partial charge in [-0.05, 0) is 19.1 Å². The van der Waals surface area contributed by atoms with Crippen LogP contribution in [0.25, 0.3) is 0 Å². The van der Waals surface area contributed by atoms with E-state index in [0.717, 1.165) is 44.4 Å². The predicted octanol–water partition coefficient (Wildman–Crippen LogP) is 0.650. The van der Waals surface area contributed by atoms with Gasteiger partial charge in [-0.25, -0.2) is 4.79 Å². The molecule has 3 N–H and O–H groups in total. The number of amides is 3. The quantitative estimate of drug-likeness (QED) is 0.237. The van der Waals surface area contributed by atoms with Crippen molar-refractivity contribution in [2.45, 2.75) is 6.92 Å². The predicted molar refractivity (Wildman–Crippen MR) is 118 cm³/mol. The number of halogens is 1. The Morgan fingerprint density at radius 2 is 1.93 bits per heavy atom. The van der Waals surface area contributed by atoms with Gasteiger partial charge in [0.25, 0.3) is 0 Å². The molecule has 9 nitrogen and oxygen atoms in total. The Labute approximate surface area is 181 Å². The Morgan fingerprint density at radius 1 is 1.21 bits per heavy atom. The van der Waals surface area contributed by atoms with E-state index in [1.165, 1.54) is 4.90 Å². The van der Waals surface area contributed by atoms with E-state index >= 15 is 0 Å². The van der Waals surface area contributed by atoms with Gasteiger partial charge in [0.2, 0.25) is 5.91 Å². The number of para-hydroxylation sites is 2. The van der Waals surface area contributed by atoms with E-state index in [2.05, 4.69) is 25.4 Å². The Bertz CT molecular complexity index is 705. The number of phenolic OH excluding ortho intramolecular Hbond substituents is 1. The van der Waals surface area contributed by atoms with Gasteiger partial charge in [0, 0.05) is 32.7 Å². The minimum absolute atomic E-state index is 0. The molecule has 10 heteroatoms. The largest absolute Gasteiger partial charge is 0.506 e. The summed E-state index contributed by atoms with van der Waals surface area (Å²) in [5.74, 6) is 0.859. The van der Waals surface area contributed by atoms with E-state index in [1.807, 2.05) is 25.1 Å². The number of aromatic hydroxyl groups is 1. The van der Waals surface area contributed by atoms with Gasteiger partial charge >= 0.3 is 6.03 Å². The van der Waals surface area contributed by atoms with Crippen LogP contribution in [-0.4, -0.2) is 85.2 Å². The zero-order valence-electron chi connectivity index (χ0n) is 15.9. The van der Waals surface area contributed by atoms with Crippen molar-refractivity contribution < 1.29 is 14.7 Å². The number of nitrogens with zero attached hydrogens (tertiary/aromatic N) is 4. The fraction of sp³-hybridized carbons (Fsp3) is 0.500. The van der Waals surface area contributed by atoms with Crippen molar-refractivity contribution in [3.05, 3.63) is 24.3 Å². The van der Waals surface area contributed by atoms with Crippen LogP contribution < -0.4 is 15.5 Å². The summed E-state index contributed by atoms with van der Waals surface area (Å²) >= 11 is 0. The van der Waals surface area contributed by atoms with Crippen LogP contribution in [0.5, 0.6) is 5.75 Å². The third-order valence-corrected chi connectivity index (χ3v) is 4.66. The lowest BCUT2D eigenvalue weighted by molar-refractivity contribution is -0.124. The monoisotopic (exact) mass is 502 g/mol. The van der Waals surface area contributed by atoms with Crippen LogP contribution >= 0.6 is 24.0 Å². The molecule has 154 valence electrons. The fourth-order valence-corrected chi connectivity index (χ4v) is 3.25. The van der Waals surface area contributed by atoms with E-state index in [-0.39, 0.29) is 49.0 Å². The zero-order valence-corrected chi connectivity index (χ0v) is 18.3. The van der Waals surface area contributed by atoms with Gasteiger partial charge in [0.15, 0.2) is 5.96 Å². The van der Waals surface area contributed by atoms with E-state index in [0.29, 0.717) is 12.3 Å². The molecular formula is C18H27IN6O3. The first-order valence-electron chi connectivity index (χ1n) is 9.24. The van der Waals surface area contributed by atoms with Crippen molar-refractivity contribution in [1.82, 2.24) is 20.4 Å². The third kappa shape index (κ3) is 5.18. The van der Waals surface area contributed by atoms with E-state index in [4.69, 9.17) is 0 Å². The summed E-state index contributed by atoms with van der Waals surface area (Å²) in [6, 6.07) is 7.00. The number of carbonyl (C=O) groups excluding carboxylic acids is 2. The average molecular weight is 502 g/mol. The van der Waals surface area contributed by atoms with Crippen LogP contribution in [-0.2, 0) is 4.79 Å². The Hall–Kier alpha value is -2.24. The van der Waals surface area contributed by atoms with Crippen molar-refractivity contribution in [2.24, 2.45) is 4.99 Å². The van der Waals surface area contributed by atoms with Crippen LogP contribution in [0.2, 0.25) is 0 Å². The fourth-order valence-electron chi connectivity index (χ4n) is 3.25. The number of nitrogens with one attached hydrogen (secondary N) is 2. The van der Waals surface area contributed by atoms with Gasteiger partial charge in [-0.1, -0.05) is 12.1 Å². The molecule has 0 aliphatic carbocycles. The van der Waals surface area contributed by atoms with Crippen molar-refractivity contribution in [3.63, 3.8) is 0 Å². The number of phenols is 1. The Kier molecular flexibility index (Phi) is 8.15. The van der Waals surface area contributed by atoms with Crippen molar-refractivity contribution in [3.8, 4) is 5.75 Å². The Morgan fingerprint density at radius 3 is 2.54 bits per heavy atom. The number of imide groups is 1. The lowest BCUT2D eigenvalue weighted by Crippen LogP contribution is -2.52. The first kappa shape index (κ1) is 22.1. The summed E-state index contributed by atoms with van der Waals surface area (Å²) in [6.07, 6.45) is 0. The highest BCUT2D eigenvalue weighted by Crippen LogP contribution is 2.27. The summed E-state index contributed by atoms with van der Waals surface area (Å²) < 4.78 is 0. The van der Waals surface area contributed by atoms with Crippen molar-refractivity contribution in [2.75, 3.05) is 57.3 Å². The van der Waals surface area contributed by atoms with Crippen LogP contribution in [0.1, 0.15) is 6.92 Å². The topological polar surface area (TPSA) is 101 Å². The number of hydrogen-bond acceptors (Lipinski definition) is 5. The van der Waals surface area contributed by atoms with Crippen LogP contribution in [0, 0.1) is 0 Å². The summed E-state index contributed by atoms with van der Waals surface area (Å²) in [5, 5.41) is 15.8. The van der Waals surface area contributed by atoms with Gasteiger partial charge in [-0.2, -0.15) is 0 Å². The molecule has 0 saturated carbocycles. The number of piperazine rings is 1. The standard InChI is InChI=1S/C18H26N6O3.HI/c1-2-19-17(20-7-8-24-16(26)13-21-18(24)27)23-11-9-22(10-12-23)14-5-3-4-6-15(14)25;/h3-6,25H,2,7-13H2,1H3,(H,19,20)(H,21,27);1H. The molecule has 3 rings (SSSR count). The third-order valence-electron chi connectivity index (χ3n) is 4.66. The number of benzene rings is 1. The molecule has 0 radical (unpaired) electrons. The zero-order chi connectivity index (χ0) is 19.2. The molecule has 2 heterocycles. The Balaban J connectivity index is 0.00000280. The van der Waals surface area contributed by atoms with Gasteiger partial charge in [-0.15, -0.1) is 24.0 Å². The molecule has 2 saturated heterocycles. The van der Waals surface area contributed by atoms with Crippen molar-refractivity contribution in [1.29, 1.82) is 0 Å². The van der Waals surface area contributed by atoms with Crippen LogP contribution in [0.15, 0.2) is 29.3 Å². The number of urea groups is 1. The normalized spacial score (nSPS) is 17.5. The number of aliphatic imine (C=N–C) groups is 1. The summed E-state index contributed by atoms with van der Waals surface area (Å²) in [4.78, 5) is 33.3. The van der Waals surface area contributed by atoms with Gasteiger partial charge < -0.3 is 25.5 Å². The van der Waals surface area contributed by atoms with Gasteiger partial charge in [0.05, 0.1) is 25.3 Å². The molecule has 0 atom stereocenters. The highest BCUT2D eigenvalue weighted by molar-refractivity contribution is 14.0. The molecule has 0 bridgehead atoms. The number of rotatable bonds is 5. The number of anilines is 1. The molecule has 0 aromatic heterocycles. The highest BCUT2D eigenvalue weighted by atomic mass is 127. The molecule has 2 fully saturated rings. The molecule has 1 aromatic rings. The highest BCUT2D eigenvalue weighted by Gasteiger charge is 2.28. The van der Waals surface area contributed by atoms with E-state index in [1.54, 1.807) is 6.07 Å². The van der Waals surface area contributed by atoms with Crippen LogP contribution in [0.4, 0.5) is 10.5 Å². The maximum atomic E-state index is 11.6. The molecular weight excluding hydrogens is 475 g/mol. The van der Waals surface area contributed by atoms with Gasteiger partial charge in [-0.3, -0.25) is 14.7 Å². The van der Waals surface area contributed by atoms with E-state index < -0.39 is 0 Å².